The number of nitrogens with zero attached hydrogens (tertiary/aromatic N) is 1. The Kier molecular flexibility index (Phi) is 4.91. The summed E-state index contributed by atoms with van der Waals surface area (Å²) in [7, 11) is 0. The molecule has 0 bridgehead atoms. The van der Waals surface area contributed by atoms with Gasteiger partial charge in [-0.3, -0.25) is 14.6 Å². The lowest BCUT2D eigenvalue weighted by atomic mass is 10.1. The number of nitrogens with one attached hydrogen (secondary N) is 1. The normalized spacial score (nSPS) is 12.1. The fourth-order valence-electron chi connectivity index (χ4n) is 1.40. The monoisotopic (exact) mass is 242 g/mol. The fraction of sp³-hybridized carbons (Fsp3) is 0.500. The first kappa shape index (κ1) is 12.6. The number of carbonyl (C=O) groups is 2. The smallest absolute Gasteiger partial charge is 0.303 e. The van der Waals surface area contributed by atoms with Crippen LogP contribution >= 0.6 is 11.3 Å². The highest BCUT2D eigenvalue weighted by Crippen LogP contribution is 2.11. The molecule has 1 unspecified atom stereocenters. The molecule has 0 spiro atoms. The van der Waals surface area contributed by atoms with Crippen molar-refractivity contribution >= 4 is 23.2 Å². The zero-order valence-corrected chi connectivity index (χ0v) is 9.79. The van der Waals surface area contributed by atoms with E-state index in [1.54, 1.807) is 11.7 Å². The Bertz CT molecular complexity index is 351. The molecular weight excluding hydrogens is 228 g/mol. The first-order chi connectivity index (χ1) is 7.58. The maximum absolute atomic E-state index is 11.0. The van der Waals surface area contributed by atoms with Crippen LogP contribution in [-0.4, -0.2) is 28.0 Å². The van der Waals surface area contributed by atoms with Crippen LogP contribution in [0.3, 0.4) is 0 Å². The van der Waals surface area contributed by atoms with Crippen LogP contribution in [0.15, 0.2) is 11.7 Å². The maximum atomic E-state index is 11.0. The summed E-state index contributed by atoms with van der Waals surface area (Å²) in [5.41, 5.74) is 1.72. The summed E-state index contributed by atoms with van der Waals surface area (Å²) in [5.74, 6) is -0.987. The molecule has 0 saturated carbocycles. The van der Waals surface area contributed by atoms with Crippen LogP contribution in [0.25, 0.3) is 0 Å². The summed E-state index contributed by atoms with van der Waals surface area (Å²) in [6.07, 6.45) is 2.87. The minimum atomic E-state index is -0.848. The van der Waals surface area contributed by atoms with E-state index in [1.807, 2.05) is 0 Å². The van der Waals surface area contributed by atoms with Gasteiger partial charge in [-0.2, -0.15) is 0 Å². The van der Waals surface area contributed by atoms with Gasteiger partial charge in [-0.25, -0.2) is 0 Å². The second-order valence-corrected chi connectivity index (χ2v) is 4.47. The van der Waals surface area contributed by atoms with Crippen molar-refractivity contribution in [3.05, 3.63) is 16.6 Å². The average Bonchev–Trinajstić information content (AvgIpc) is 2.66. The van der Waals surface area contributed by atoms with Crippen LogP contribution < -0.4 is 5.32 Å². The molecule has 1 aromatic heterocycles. The molecule has 0 aliphatic rings. The van der Waals surface area contributed by atoms with Gasteiger partial charge in [0.15, 0.2) is 0 Å². The van der Waals surface area contributed by atoms with E-state index in [4.69, 9.17) is 5.11 Å². The molecule has 1 atom stereocenters. The van der Waals surface area contributed by atoms with Crippen molar-refractivity contribution < 1.29 is 14.7 Å². The molecule has 2 N–H and O–H groups in total. The van der Waals surface area contributed by atoms with Crippen LogP contribution in [0, 0.1) is 0 Å². The lowest BCUT2D eigenvalue weighted by Crippen LogP contribution is -2.35. The molecular formula is C10H14N2O3S. The van der Waals surface area contributed by atoms with Crippen LogP contribution in [0.4, 0.5) is 0 Å². The molecule has 0 aliphatic carbocycles. The Morgan fingerprint density at radius 1 is 1.62 bits per heavy atom. The van der Waals surface area contributed by atoms with Gasteiger partial charge in [0, 0.05) is 36.9 Å². The third-order valence-electron chi connectivity index (χ3n) is 2.05. The Hall–Kier alpha value is -1.43. The summed E-state index contributed by atoms with van der Waals surface area (Å²) in [5, 5.41) is 11.4. The number of rotatable bonds is 6. The van der Waals surface area contributed by atoms with Crippen LogP contribution in [0.5, 0.6) is 0 Å². The third kappa shape index (κ3) is 4.88. The molecule has 0 saturated heterocycles. The van der Waals surface area contributed by atoms with Gasteiger partial charge >= 0.3 is 5.97 Å². The third-order valence-corrected chi connectivity index (χ3v) is 2.85. The van der Waals surface area contributed by atoms with E-state index in [0.717, 1.165) is 4.88 Å². The Morgan fingerprint density at radius 3 is 2.88 bits per heavy atom. The lowest BCUT2D eigenvalue weighted by Gasteiger charge is -2.15. The van der Waals surface area contributed by atoms with Crippen molar-refractivity contribution in [1.82, 2.24) is 10.3 Å². The van der Waals surface area contributed by atoms with E-state index in [-0.39, 0.29) is 18.4 Å². The molecule has 1 heterocycles. The summed E-state index contributed by atoms with van der Waals surface area (Å²) in [6.45, 7) is 1.43. The zero-order valence-electron chi connectivity index (χ0n) is 8.97. The quantitative estimate of drug-likeness (QED) is 0.781. The van der Waals surface area contributed by atoms with E-state index >= 15 is 0 Å². The van der Waals surface area contributed by atoms with E-state index in [2.05, 4.69) is 10.3 Å². The van der Waals surface area contributed by atoms with Gasteiger partial charge in [-0.1, -0.05) is 0 Å². The standard InChI is InChI=1S/C10H14N2O3S/c1-7(13)12-8(2-3-10(14)15)4-9-5-11-6-16-9/h5-6,8H,2-4H2,1H3,(H,12,13)(H,14,15). The predicted molar refractivity (Wildman–Crippen MR) is 60.3 cm³/mol. The number of carboxylic acid groups (broad SMARTS) is 1. The SMILES string of the molecule is CC(=O)NC(CCC(=O)O)Cc1cncs1. The highest BCUT2D eigenvalue weighted by atomic mass is 32.1. The zero-order chi connectivity index (χ0) is 12.0. The molecule has 0 radical (unpaired) electrons. The first-order valence-electron chi connectivity index (χ1n) is 4.94. The van der Waals surface area contributed by atoms with Crippen molar-refractivity contribution in [3.8, 4) is 0 Å². The van der Waals surface area contributed by atoms with Crippen molar-refractivity contribution in [3.63, 3.8) is 0 Å². The summed E-state index contributed by atoms with van der Waals surface area (Å²) in [4.78, 5) is 26.4. The molecule has 6 heteroatoms. The molecule has 0 aromatic carbocycles. The Morgan fingerprint density at radius 2 is 2.38 bits per heavy atom. The van der Waals surface area contributed by atoms with Gasteiger partial charge in [0.25, 0.3) is 0 Å². The molecule has 1 rings (SSSR count). The summed E-state index contributed by atoms with van der Waals surface area (Å²) in [6, 6.07) is -0.131. The minimum Gasteiger partial charge on any atom is -0.481 e. The topological polar surface area (TPSA) is 79.3 Å². The van der Waals surface area contributed by atoms with Gasteiger partial charge in [-0.05, 0) is 6.42 Å². The number of amides is 1. The van der Waals surface area contributed by atoms with Crippen molar-refractivity contribution in [2.45, 2.75) is 32.2 Å². The highest BCUT2D eigenvalue weighted by molar-refractivity contribution is 7.09. The molecule has 1 aromatic rings. The number of thiazole rings is 1. The van der Waals surface area contributed by atoms with E-state index in [9.17, 15) is 9.59 Å². The summed E-state index contributed by atoms with van der Waals surface area (Å²) >= 11 is 1.50. The molecule has 1 amide bonds. The predicted octanol–water partition coefficient (Wildman–Crippen LogP) is 1.06. The van der Waals surface area contributed by atoms with E-state index in [0.29, 0.717) is 12.8 Å². The van der Waals surface area contributed by atoms with Gasteiger partial charge in [0.05, 0.1) is 5.51 Å². The van der Waals surface area contributed by atoms with Crippen LogP contribution in [-0.2, 0) is 16.0 Å². The largest absolute Gasteiger partial charge is 0.481 e. The molecule has 88 valence electrons. The number of aromatic nitrogens is 1. The molecule has 5 nitrogen and oxygen atoms in total. The van der Waals surface area contributed by atoms with Crippen molar-refractivity contribution in [2.75, 3.05) is 0 Å². The van der Waals surface area contributed by atoms with E-state index < -0.39 is 5.97 Å². The number of hydrogen-bond acceptors (Lipinski definition) is 4. The van der Waals surface area contributed by atoms with Gasteiger partial charge in [-0.15, -0.1) is 11.3 Å². The number of hydrogen-bond donors (Lipinski definition) is 2. The summed E-state index contributed by atoms with van der Waals surface area (Å²) < 4.78 is 0. The second-order valence-electron chi connectivity index (χ2n) is 3.50. The Balaban J connectivity index is 2.49. The van der Waals surface area contributed by atoms with Gasteiger partial charge in [0.2, 0.25) is 5.91 Å². The average molecular weight is 242 g/mol. The maximum Gasteiger partial charge on any atom is 0.303 e. The first-order valence-corrected chi connectivity index (χ1v) is 5.82. The van der Waals surface area contributed by atoms with Crippen molar-refractivity contribution in [1.29, 1.82) is 0 Å². The van der Waals surface area contributed by atoms with E-state index in [1.165, 1.54) is 18.3 Å². The van der Waals surface area contributed by atoms with Gasteiger partial charge in [0.1, 0.15) is 0 Å². The fourth-order valence-corrected chi connectivity index (χ4v) is 2.07. The van der Waals surface area contributed by atoms with Crippen molar-refractivity contribution in [2.24, 2.45) is 0 Å². The number of carboxylic acids is 1. The second kappa shape index (κ2) is 6.22. The molecule has 16 heavy (non-hydrogen) atoms. The van der Waals surface area contributed by atoms with Gasteiger partial charge < -0.3 is 10.4 Å². The van der Waals surface area contributed by atoms with Crippen LogP contribution in [0.2, 0.25) is 0 Å². The molecule has 0 aliphatic heterocycles. The van der Waals surface area contributed by atoms with Crippen LogP contribution in [0.1, 0.15) is 24.6 Å². The number of aliphatic carboxylic acids is 1. The highest BCUT2D eigenvalue weighted by Gasteiger charge is 2.13. The minimum absolute atomic E-state index is 0.0593. The molecule has 0 fully saturated rings. The number of carbonyl (C=O) groups excluding carboxylic acids is 1. The lowest BCUT2D eigenvalue weighted by molar-refractivity contribution is -0.137. The Labute approximate surface area is 97.5 Å².